The van der Waals surface area contributed by atoms with E-state index in [1.165, 1.54) is 6.07 Å². The second kappa shape index (κ2) is 6.09. The van der Waals surface area contributed by atoms with Crippen LogP contribution in [0.3, 0.4) is 0 Å². The molecule has 0 aromatic heterocycles. The van der Waals surface area contributed by atoms with E-state index in [-0.39, 0.29) is 23.1 Å². The highest BCUT2D eigenvalue weighted by molar-refractivity contribution is 6.00. The average Bonchev–Trinajstić information content (AvgIpc) is 2.48. The number of nitrogens with zero attached hydrogens (tertiary/aromatic N) is 2. The molecule has 1 aromatic rings. The first-order valence-corrected chi connectivity index (χ1v) is 6.88. The Labute approximate surface area is 122 Å². The number of nitrogens with one attached hydrogen (secondary N) is 1. The van der Waals surface area contributed by atoms with Crippen molar-refractivity contribution < 1.29 is 14.8 Å². The Morgan fingerprint density at radius 3 is 2.81 bits per heavy atom. The Morgan fingerprint density at radius 1 is 1.52 bits per heavy atom. The van der Waals surface area contributed by atoms with Gasteiger partial charge >= 0.3 is 5.69 Å². The van der Waals surface area contributed by atoms with Crippen LogP contribution < -0.4 is 5.32 Å². The lowest BCUT2D eigenvalue weighted by Crippen LogP contribution is -2.45. The fourth-order valence-corrected chi connectivity index (χ4v) is 2.60. The molecule has 1 saturated heterocycles. The maximum absolute atomic E-state index is 12.6. The summed E-state index contributed by atoms with van der Waals surface area (Å²) in [6, 6.07) is 4.66. The van der Waals surface area contributed by atoms with Crippen molar-refractivity contribution >= 4 is 17.3 Å². The SMILES string of the molecule is CNc1cccc(C(=O)N2CCC(O)C(C)C2)c1[N+](=O)[O-]. The van der Waals surface area contributed by atoms with Crippen molar-refractivity contribution in [2.45, 2.75) is 19.4 Å². The molecule has 2 N–H and O–H groups in total. The zero-order valence-electron chi connectivity index (χ0n) is 12.1. The molecule has 2 unspecified atom stereocenters. The number of nitro benzene ring substituents is 1. The van der Waals surface area contributed by atoms with Gasteiger partial charge in [-0.3, -0.25) is 14.9 Å². The maximum Gasteiger partial charge on any atom is 0.305 e. The molecule has 1 aliphatic rings. The Bertz CT molecular complexity index is 561. The van der Waals surface area contributed by atoms with Gasteiger partial charge in [-0.15, -0.1) is 0 Å². The summed E-state index contributed by atoms with van der Waals surface area (Å²) in [5.41, 5.74) is 0.190. The molecule has 0 aliphatic carbocycles. The number of carbonyl (C=O) groups excluding carboxylic acids is 1. The van der Waals surface area contributed by atoms with E-state index in [0.717, 1.165) is 0 Å². The lowest BCUT2D eigenvalue weighted by molar-refractivity contribution is -0.384. The molecule has 1 aromatic carbocycles. The van der Waals surface area contributed by atoms with Gasteiger partial charge in [-0.1, -0.05) is 13.0 Å². The van der Waals surface area contributed by atoms with E-state index in [9.17, 15) is 20.0 Å². The Morgan fingerprint density at radius 2 is 2.24 bits per heavy atom. The molecule has 7 nitrogen and oxygen atoms in total. The van der Waals surface area contributed by atoms with Gasteiger partial charge in [0.1, 0.15) is 11.3 Å². The second-order valence-electron chi connectivity index (χ2n) is 5.29. The van der Waals surface area contributed by atoms with Crippen LogP contribution in [0.15, 0.2) is 18.2 Å². The van der Waals surface area contributed by atoms with Crippen molar-refractivity contribution in [3.63, 3.8) is 0 Å². The smallest absolute Gasteiger partial charge is 0.305 e. The molecular weight excluding hydrogens is 274 g/mol. The van der Waals surface area contributed by atoms with Gasteiger partial charge in [-0.25, -0.2) is 0 Å². The van der Waals surface area contributed by atoms with Crippen LogP contribution in [0.5, 0.6) is 0 Å². The number of para-hydroxylation sites is 1. The highest BCUT2D eigenvalue weighted by Gasteiger charge is 2.32. The van der Waals surface area contributed by atoms with Gasteiger partial charge in [-0.05, 0) is 24.5 Å². The summed E-state index contributed by atoms with van der Waals surface area (Å²) < 4.78 is 0. The lowest BCUT2D eigenvalue weighted by atomic mass is 9.96. The number of hydrogen-bond donors (Lipinski definition) is 2. The number of rotatable bonds is 3. The third-order valence-corrected chi connectivity index (χ3v) is 3.87. The molecule has 1 heterocycles. The molecule has 1 amide bonds. The molecule has 7 heteroatoms. The van der Waals surface area contributed by atoms with Crippen molar-refractivity contribution in [1.29, 1.82) is 0 Å². The van der Waals surface area contributed by atoms with E-state index in [2.05, 4.69) is 5.32 Å². The van der Waals surface area contributed by atoms with E-state index in [1.54, 1.807) is 24.1 Å². The summed E-state index contributed by atoms with van der Waals surface area (Å²) in [6.45, 7) is 2.68. The van der Waals surface area contributed by atoms with Gasteiger partial charge in [0.25, 0.3) is 5.91 Å². The van der Waals surface area contributed by atoms with Crippen LogP contribution in [-0.4, -0.2) is 47.1 Å². The monoisotopic (exact) mass is 293 g/mol. The van der Waals surface area contributed by atoms with E-state index in [0.29, 0.717) is 25.2 Å². The summed E-state index contributed by atoms with van der Waals surface area (Å²) in [4.78, 5) is 24.8. The molecule has 0 spiro atoms. The van der Waals surface area contributed by atoms with Crippen LogP contribution in [0, 0.1) is 16.0 Å². The predicted molar refractivity (Wildman–Crippen MR) is 78.3 cm³/mol. The third kappa shape index (κ3) is 2.97. The van der Waals surface area contributed by atoms with Gasteiger partial charge in [-0.2, -0.15) is 0 Å². The molecule has 1 fully saturated rings. The Balaban J connectivity index is 2.33. The highest BCUT2D eigenvalue weighted by atomic mass is 16.6. The number of amides is 1. The van der Waals surface area contributed by atoms with Gasteiger partial charge in [0.15, 0.2) is 0 Å². The quantitative estimate of drug-likeness (QED) is 0.650. The van der Waals surface area contributed by atoms with Crippen molar-refractivity contribution in [3.05, 3.63) is 33.9 Å². The van der Waals surface area contributed by atoms with Gasteiger partial charge in [0, 0.05) is 20.1 Å². The minimum atomic E-state index is -0.540. The fourth-order valence-electron chi connectivity index (χ4n) is 2.60. The van der Waals surface area contributed by atoms with Crippen LogP contribution in [0.1, 0.15) is 23.7 Å². The topological polar surface area (TPSA) is 95.7 Å². The highest BCUT2D eigenvalue weighted by Crippen LogP contribution is 2.30. The fraction of sp³-hybridized carbons (Fsp3) is 0.500. The first-order chi connectivity index (χ1) is 9.95. The molecule has 2 rings (SSSR count). The summed E-state index contributed by atoms with van der Waals surface area (Å²) in [6.07, 6.45) is 0.0690. The molecule has 2 atom stereocenters. The Kier molecular flexibility index (Phi) is 4.42. The van der Waals surface area contributed by atoms with E-state index in [4.69, 9.17) is 0 Å². The molecule has 0 bridgehead atoms. The number of nitro groups is 1. The summed E-state index contributed by atoms with van der Waals surface area (Å²) in [7, 11) is 1.58. The number of hydrogen-bond acceptors (Lipinski definition) is 5. The van der Waals surface area contributed by atoms with Crippen LogP contribution in [0.4, 0.5) is 11.4 Å². The van der Waals surface area contributed by atoms with Gasteiger partial charge in [0.05, 0.1) is 11.0 Å². The number of aliphatic hydroxyl groups is 1. The molecule has 0 saturated carbocycles. The van der Waals surface area contributed by atoms with E-state index < -0.39 is 11.0 Å². The average molecular weight is 293 g/mol. The zero-order chi connectivity index (χ0) is 15.6. The molecule has 114 valence electrons. The summed E-state index contributed by atoms with van der Waals surface area (Å²) >= 11 is 0. The number of aliphatic hydroxyl groups excluding tert-OH is 1. The number of anilines is 1. The maximum atomic E-state index is 12.6. The van der Waals surface area contributed by atoms with Crippen molar-refractivity contribution in [3.8, 4) is 0 Å². The molecule has 0 radical (unpaired) electrons. The number of benzene rings is 1. The van der Waals surface area contributed by atoms with Crippen LogP contribution in [0.2, 0.25) is 0 Å². The van der Waals surface area contributed by atoms with Crippen LogP contribution in [-0.2, 0) is 0 Å². The normalized spacial score (nSPS) is 22.0. The predicted octanol–water partition coefficient (Wildman–Crippen LogP) is 1.48. The van der Waals surface area contributed by atoms with Crippen LogP contribution >= 0.6 is 0 Å². The second-order valence-corrected chi connectivity index (χ2v) is 5.29. The Hall–Kier alpha value is -2.15. The summed E-state index contributed by atoms with van der Waals surface area (Å²) in [5, 5.41) is 23.7. The van der Waals surface area contributed by atoms with Gasteiger partial charge in [0.2, 0.25) is 0 Å². The van der Waals surface area contributed by atoms with Crippen molar-refractivity contribution in [2.24, 2.45) is 5.92 Å². The first kappa shape index (κ1) is 15.2. The molecular formula is C14H19N3O4. The number of likely N-dealkylation sites (tertiary alicyclic amines) is 1. The lowest BCUT2D eigenvalue weighted by Gasteiger charge is -2.34. The number of piperidine rings is 1. The molecule has 1 aliphatic heterocycles. The van der Waals surface area contributed by atoms with E-state index >= 15 is 0 Å². The summed E-state index contributed by atoms with van der Waals surface area (Å²) in [5.74, 6) is -0.396. The minimum Gasteiger partial charge on any atom is -0.393 e. The molecule has 21 heavy (non-hydrogen) atoms. The third-order valence-electron chi connectivity index (χ3n) is 3.87. The zero-order valence-corrected chi connectivity index (χ0v) is 12.1. The van der Waals surface area contributed by atoms with Crippen LogP contribution in [0.25, 0.3) is 0 Å². The minimum absolute atomic E-state index is 0.0331. The van der Waals surface area contributed by atoms with E-state index in [1.807, 2.05) is 6.92 Å². The number of carbonyl (C=O) groups is 1. The van der Waals surface area contributed by atoms with Crippen molar-refractivity contribution in [2.75, 3.05) is 25.5 Å². The standard InChI is InChI=1S/C14H19N3O4/c1-9-8-16(7-6-12(9)18)14(19)10-4-3-5-11(15-2)13(10)17(20)21/h3-5,9,12,15,18H,6-8H2,1-2H3. The first-order valence-electron chi connectivity index (χ1n) is 6.88. The largest absolute Gasteiger partial charge is 0.393 e. The van der Waals surface area contributed by atoms with Crippen molar-refractivity contribution in [1.82, 2.24) is 4.90 Å². The van der Waals surface area contributed by atoms with Gasteiger partial charge < -0.3 is 15.3 Å².